The van der Waals surface area contributed by atoms with Gasteiger partial charge in [-0.15, -0.1) is 10.2 Å². The Labute approximate surface area is 126 Å². The first-order valence-corrected chi connectivity index (χ1v) is 8.25. The number of hydrogen-bond acceptors (Lipinski definition) is 5. The van der Waals surface area contributed by atoms with Crippen molar-refractivity contribution in [1.29, 1.82) is 0 Å². The summed E-state index contributed by atoms with van der Waals surface area (Å²) in [5.41, 5.74) is -0.443. The maximum atomic E-state index is 10.5. The highest BCUT2D eigenvalue weighted by Crippen LogP contribution is 2.39. The van der Waals surface area contributed by atoms with Gasteiger partial charge in [0.1, 0.15) is 0 Å². The van der Waals surface area contributed by atoms with Gasteiger partial charge in [0.15, 0.2) is 0 Å². The van der Waals surface area contributed by atoms with E-state index in [0.717, 1.165) is 44.4 Å². The highest BCUT2D eigenvalue weighted by Gasteiger charge is 2.39. The van der Waals surface area contributed by atoms with Gasteiger partial charge in [-0.2, -0.15) is 0 Å². The summed E-state index contributed by atoms with van der Waals surface area (Å²) >= 11 is 0. The summed E-state index contributed by atoms with van der Waals surface area (Å²) in [4.78, 5) is 0. The fourth-order valence-electron chi connectivity index (χ4n) is 3.63. The lowest BCUT2D eigenvalue weighted by molar-refractivity contribution is -0.0445. The molecule has 0 bridgehead atoms. The van der Waals surface area contributed by atoms with E-state index in [1.807, 2.05) is 6.92 Å². The third-order valence-electron chi connectivity index (χ3n) is 5.43. The molecule has 0 spiro atoms. The van der Waals surface area contributed by atoms with Crippen molar-refractivity contribution in [1.82, 2.24) is 15.5 Å². The summed E-state index contributed by atoms with van der Waals surface area (Å²) in [6.45, 7) is 6.08. The van der Waals surface area contributed by atoms with Crippen molar-refractivity contribution >= 4 is 0 Å². The highest BCUT2D eigenvalue weighted by molar-refractivity contribution is 5.03. The highest BCUT2D eigenvalue weighted by atomic mass is 16.4. The predicted octanol–water partition coefficient (Wildman–Crippen LogP) is 2.54. The molecule has 2 aliphatic carbocycles. The summed E-state index contributed by atoms with van der Waals surface area (Å²) in [7, 11) is 0. The van der Waals surface area contributed by atoms with Crippen LogP contribution in [-0.2, 0) is 0 Å². The van der Waals surface area contributed by atoms with E-state index in [0.29, 0.717) is 29.8 Å². The monoisotopic (exact) mass is 293 g/mol. The first kappa shape index (κ1) is 15.0. The van der Waals surface area contributed by atoms with Crippen LogP contribution in [0.3, 0.4) is 0 Å². The maximum absolute atomic E-state index is 10.5. The fraction of sp³-hybridized carbons (Fsp3) is 0.875. The molecule has 0 aromatic carbocycles. The van der Waals surface area contributed by atoms with Crippen LogP contribution in [0.15, 0.2) is 4.42 Å². The van der Waals surface area contributed by atoms with E-state index in [1.165, 1.54) is 0 Å². The van der Waals surface area contributed by atoms with Crippen molar-refractivity contribution in [3.05, 3.63) is 11.8 Å². The second kappa shape index (κ2) is 5.69. The molecule has 0 saturated heterocycles. The van der Waals surface area contributed by atoms with E-state index in [1.54, 1.807) is 0 Å². The Kier molecular flexibility index (Phi) is 4.06. The summed E-state index contributed by atoms with van der Waals surface area (Å²) in [6, 6.07) is 1.12. The molecule has 118 valence electrons. The van der Waals surface area contributed by atoms with Crippen molar-refractivity contribution in [2.75, 3.05) is 0 Å². The number of rotatable bonds is 4. The second-order valence-corrected chi connectivity index (χ2v) is 7.22. The largest absolute Gasteiger partial charge is 0.425 e. The molecule has 5 heteroatoms. The molecule has 5 nitrogen and oxygen atoms in total. The molecule has 0 radical (unpaired) electrons. The molecule has 2 aliphatic rings. The van der Waals surface area contributed by atoms with E-state index in [2.05, 4.69) is 29.4 Å². The van der Waals surface area contributed by atoms with Crippen molar-refractivity contribution < 1.29 is 9.52 Å². The molecule has 0 atom stereocenters. The van der Waals surface area contributed by atoms with E-state index in [9.17, 15) is 5.11 Å². The summed E-state index contributed by atoms with van der Waals surface area (Å²) < 4.78 is 5.50. The SMILES string of the molecule is Cc1nnc(C2CC(NC3CCC(O)(C(C)C)CC3)C2)o1. The van der Waals surface area contributed by atoms with Gasteiger partial charge in [0.2, 0.25) is 11.8 Å². The lowest BCUT2D eigenvalue weighted by Gasteiger charge is -2.42. The zero-order chi connectivity index (χ0) is 15.0. The third kappa shape index (κ3) is 3.14. The predicted molar refractivity (Wildman–Crippen MR) is 80.0 cm³/mol. The average molecular weight is 293 g/mol. The van der Waals surface area contributed by atoms with Gasteiger partial charge in [-0.3, -0.25) is 0 Å². The van der Waals surface area contributed by atoms with Gasteiger partial charge in [-0.1, -0.05) is 13.8 Å². The van der Waals surface area contributed by atoms with Crippen LogP contribution in [-0.4, -0.2) is 33.0 Å². The van der Waals surface area contributed by atoms with Crippen LogP contribution in [0, 0.1) is 12.8 Å². The molecule has 2 fully saturated rings. The molecular formula is C16H27N3O2. The van der Waals surface area contributed by atoms with Crippen molar-refractivity contribution in [2.24, 2.45) is 5.92 Å². The van der Waals surface area contributed by atoms with Gasteiger partial charge in [0.25, 0.3) is 0 Å². The van der Waals surface area contributed by atoms with Gasteiger partial charge in [-0.05, 0) is 44.4 Å². The molecular weight excluding hydrogens is 266 g/mol. The summed E-state index contributed by atoms with van der Waals surface area (Å²) in [6.07, 6.45) is 6.17. The minimum Gasteiger partial charge on any atom is -0.425 e. The minimum absolute atomic E-state index is 0.354. The Balaban J connectivity index is 1.42. The molecule has 3 rings (SSSR count). The minimum atomic E-state index is -0.443. The van der Waals surface area contributed by atoms with Gasteiger partial charge in [-0.25, -0.2) is 0 Å². The van der Waals surface area contributed by atoms with Crippen LogP contribution < -0.4 is 5.32 Å². The van der Waals surface area contributed by atoms with Crippen LogP contribution >= 0.6 is 0 Å². The maximum Gasteiger partial charge on any atom is 0.219 e. The summed E-state index contributed by atoms with van der Waals surface area (Å²) in [5.74, 6) is 2.23. The van der Waals surface area contributed by atoms with E-state index in [-0.39, 0.29) is 0 Å². The van der Waals surface area contributed by atoms with Crippen LogP contribution in [0.5, 0.6) is 0 Å². The number of hydrogen-bond donors (Lipinski definition) is 2. The number of nitrogens with zero attached hydrogens (tertiary/aromatic N) is 2. The van der Waals surface area contributed by atoms with E-state index in [4.69, 9.17) is 4.42 Å². The Hall–Kier alpha value is -0.940. The topological polar surface area (TPSA) is 71.2 Å². The van der Waals surface area contributed by atoms with Gasteiger partial charge < -0.3 is 14.8 Å². The van der Waals surface area contributed by atoms with Crippen LogP contribution in [0.25, 0.3) is 0 Å². The van der Waals surface area contributed by atoms with Gasteiger partial charge in [0, 0.05) is 24.9 Å². The molecule has 1 heterocycles. The first-order valence-electron chi connectivity index (χ1n) is 8.25. The molecule has 2 N–H and O–H groups in total. The quantitative estimate of drug-likeness (QED) is 0.892. The van der Waals surface area contributed by atoms with Gasteiger partial charge >= 0.3 is 0 Å². The van der Waals surface area contributed by atoms with Crippen molar-refractivity contribution in [3.8, 4) is 0 Å². The number of aryl methyl sites for hydroxylation is 1. The Morgan fingerprint density at radius 2 is 1.86 bits per heavy atom. The fourth-order valence-corrected chi connectivity index (χ4v) is 3.63. The average Bonchev–Trinajstić information content (AvgIpc) is 2.81. The molecule has 0 aliphatic heterocycles. The summed E-state index contributed by atoms with van der Waals surface area (Å²) in [5, 5.41) is 22.3. The lowest BCUT2D eigenvalue weighted by Crippen LogP contribution is -2.50. The molecule has 1 aromatic heterocycles. The number of nitrogens with one attached hydrogen (secondary N) is 1. The van der Waals surface area contributed by atoms with Crippen molar-refractivity contribution in [2.45, 2.75) is 82.9 Å². The Morgan fingerprint density at radius 1 is 1.19 bits per heavy atom. The smallest absolute Gasteiger partial charge is 0.219 e. The van der Waals surface area contributed by atoms with Crippen molar-refractivity contribution in [3.63, 3.8) is 0 Å². The second-order valence-electron chi connectivity index (χ2n) is 7.22. The van der Waals surface area contributed by atoms with Crippen LogP contribution in [0.1, 0.15) is 70.1 Å². The molecule has 0 unspecified atom stereocenters. The molecule has 0 amide bonds. The Morgan fingerprint density at radius 3 is 2.38 bits per heavy atom. The van der Waals surface area contributed by atoms with E-state index < -0.39 is 5.60 Å². The first-order chi connectivity index (χ1) is 9.96. The normalized spacial score (nSPS) is 36.7. The van der Waals surface area contributed by atoms with Crippen LogP contribution in [0.2, 0.25) is 0 Å². The molecule has 2 saturated carbocycles. The zero-order valence-corrected chi connectivity index (χ0v) is 13.3. The van der Waals surface area contributed by atoms with Crippen LogP contribution in [0.4, 0.5) is 0 Å². The Bertz CT molecular complexity index is 472. The lowest BCUT2D eigenvalue weighted by atomic mass is 9.74. The third-order valence-corrected chi connectivity index (χ3v) is 5.43. The molecule has 21 heavy (non-hydrogen) atoms. The zero-order valence-electron chi connectivity index (χ0n) is 13.3. The number of aromatic nitrogens is 2. The molecule has 1 aromatic rings. The van der Waals surface area contributed by atoms with Gasteiger partial charge in [0.05, 0.1) is 5.60 Å². The number of aliphatic hydroxyl groups is 1. The standard InChI is InChI=1S/C16H27N3O2/c1-10(2)16(20)6-4-13(5-7-16)17-14-8-12(9-14)15-19-18-11(3)21-15/h10,12-14,17,20H,4-9H2,1-3H3. The van der Waals surface area contributed by atoms with E-state index >= 15 is 0 Å².